The zero-order valence-electron chi connectivity index (χ0n) is 9.24. The predicted octanol–water partition coefficient (Wildman–Crippen LogP) is 1.33. The Labute approximate surface area is 101 Å². The van der Waals surface area contributed by atoms with Crippen LogP contribution in [0.4, 0.5) is 0 Å². The Morgan fingerprint density at radius 2 is 2.19 bits per heavy atom. The molecule has 1 aromatic heterocycles. The summed E-state index contributed by atoms with van der Waals surface area (Å²) in [6.07, 6.45) is 0. The van der Waals surface area contributed by atoms with Gasteiger partial charge in [-0.15, -0.1) is 0 Å². The molecule has 0 atom stereocenters. The fourth-order valence-electron chi connectivity index (χ4n) is 1.20. The molecule has 0 amide bonds. The molecule has 0 spiro atoms. The van der Waals surface area contributed by atoms with Crippen LogP contribution in [0.5, 0.6) is 5.75 Å². The summed E-state index contributed by atoms with van der Waals surface area (Å²) in [6.45, 7) is 1.94. The quantitative estimate of drug-likeness (QED) is 0.622. The van der Waals surface area contributed by atoms with Crippen LogP contribution >= 0.6 is 15.9 Å². The molecule has 0 bridgehead atoms. The number of hydrogen-bond acceptors (Lipinski definition) is 4. The Morgan fingerprint density at radius 3 is 2.69 bits per heavy atom. The van der Waals surface area contributed by atoms with Gasteiger partial charge in [0.2, 0.25) is 0 Å². The van der Waals surface area contributed by atoms with Crippen LogP contribution in [0.1, 0.15) is 17.3 Å². The molecule has 6 heteroatoms. The molecule has 0 saturated carbocycles. The molecule has 88 valence electrons. The minimum Gasteiger partial charge on any atom is -0.490 e. The lowest BCUT2D eigenvalue weighted by Gasteiger charge is -2.10. The second-order valence-electron chi connectivity index (χ2n) is 3.00. The lowest BCUT2D eigenvalue weighted by Crippen LogP contribution is -2.23. The molecule has 0 unspecified atom stereocenters. The maximum absolute atomic E-state index is 11.8. The largest absolute Gasteiger partial charge is 0.490 e. The van der Waals surface area contributed by atoms with E-state index in [-0.39, 0.29) is 23.5 Å². The third-order valence-electron chi connectivity index (χ3n) is 2.03. The standard InChI is InChI=1S/C10H12BrNO4/c1-4-16-10(14)6-5-7(11)12(2)9(13)8(6)15-3/h5H,4H2,1-3H3. The van der Waals surface area contributed by atoms with Gasteiger partial charge in [-0.3, -0.25) is 4.79 Å². The van der Waals surface area contributed by atoms with Crippen molar-refractivity contribution in [1.82, 2.24) is 4.57 Å². The smallest absolute Gasteiger partial charge is 0.342 e. The summed E-state index contributed by atoms with van der Waals surface area (Å²) >= 11 is 3.18. The molecule has 0 radical (unpaired) electrons. The van der Waals surface area contributed by atoms with Crippen molar-refractivity contribution >= 4 is 21.9 Å². The monoisotopic (exact) mass is 289 g/mol. The van der Waals surface area contributed by atoms with Crippen LogP contribution in [-0.4, -0.2) is 24.3 Å². The van der Waals surface area contributed by atoms with E-state index >= 15 is 0 Å². The van der Waals surface area contributed by atoms with Crippen molar-refractivity contribution in [2.24, 2.45) is 7.05 Å². The molecule has 0 aliphatic rings. The molecule has 0 aliphatic carbocycles. The second-order valence-corrected chi connectivity index (χ2v) is 3.81. The van der Waals surface area contributed by atoms with Gasteiger partial charge in [0.1, 0.15) is 5.56 Å². The summed E-state index contributed by atoms with van der Waals surface area (Å²) in [5.74, 6) is -0.582. The first-order chi connectivity index (χ1) is 7.52. The molecule has 0 aromatic carbocycles. The Balaban J connectivity index is 3.39. The fourth-order valence-corrected chi connectivity index (χ4v) is 1.59. The van der Waals surface area contributed by atoms with Crippen LogP contribution in [0, 0.1) is 0 Å². The minimum absolute atomic E-state index is 0.0100. The summed E-state index contributed by atoms with van der Waals surface area (Å²) < 4.78 is 11.6. The van der Waals surface area contributed by atoms with E-state index in [2.05, 4.69) is 15.9 Å². The van der Waals surface area contributed by atoms with Crippen molar-refractivity contribution in [1.29, 1.82) is 0 Å². The summed E-state index contributed by atoms with van der Waals surface area (Å²) in [6, 6.07) is 1.50. The van der Waals surface area contributed by atoms with Crippen LogP contribution < -0.4 is 10.3 Å². The number of rotatable bonds is 3. The van der Waals surface area contributed by atoms with Crippen molar-refractivity contribution in [3.05, 3.63) is 26.6 Å². The number of aromatic nitrogens is 1. The molecule has 0 saturated heterocycles. The second kappa shape index (κ2) is 5.16. The van der Waals surface area contributed by atoms with Gasteiger partial charge in [0, 0.05) is 7.05 Å². The maximum Gasteiger partial charge on any atom is 0.342 e. The highest BCUT2D eigenvalue weighted by atomic mass is 79.9. The van der Waals surface area contributed by atoms with Crippen molar-refractivity contribution in [3.63, 3.8) is 0 Å². The Bertz CT molecular complexity index is 467. The zero-order valence-corrected chi connectivity index (χ0v) is 10.8. The highest BCUT2D eigenvalue weighted by Crippen LogP contribution is 2.19. The SMILES string of the molecule is CCOC(=O)c1cc(Br)n(C)c(=O)c1OC. The van der Waals surface area contributed by atoms with Gasteiger partial charge < -0.3 is 14.0 Å². The third-order valence-corrected chi connectivity index (χ3v) is 2.79. The molecule has 1 aromatic rings. The number of nitrogens with zero attached hydrogens (tertiary/aromatic N) is 1. The van der Waals surface area contributed by atoms with Gasteiger partial charge in [0.15, 0.2) is 5.75 Å². The normalized spacial score (nSPS) is 10.0. The van der Waals surface area contributed by atoms with Gasteiger partial charge in [-0.2, -0.15) is 0 Å². The average molecular weight is 290 g/mol. The molecule has 1 heterocycles. The number of carbonyl (C=O) groups excluding carboxylic acids is 1. The van der Waals surface area contributed by atoms with Crippen molar-refractivity contribution in [2.45, 2.75) is 6.92 Å². The van der Waals surface area contributed by atoms with E-state index in [1.54, 1.807) is 14.0 Å². The van der Waals surface area contributed by atoms with Gasteiger partial charge in [-0.1, -0.05) is 0 Å². The van der Waals surface area contributed by atoms with Crippen LogP contribution in [0.3, 0.4) is 0 Å². The number of carbonyl (C=O) groups is 1. The topological polar surface area (TPSA) is 57.5 Å². The lowest BCUT2D eigenvalue weighted by atomic mass is 10.2. The first kappa shape index (κ1) is 12.8. The molecule has 5 nitrogen and oxygen atoms in total. The lowest BCUT2D eigenvalue weighted by molar-refractivity contribution is 0.0522. The Morgan fingerprint density at radius 1 is 1.56 bits per heavy atom. The average Bonchev–Trinajstić information content (AvgIpc) is 2.26. The maximum atomic E-state index is 11.8. The Kier molecular flexibility index (Phi) is 4.12. The highest BCUT2D eigenvalue weighted by Gasteiger charge is 2.19. The van der Waals surface area contributed by atoms with E-state index in [4.69, 9.17) is 9.47 Å². The van der Waals surface area contributed by atoms with Gasteiger partial charge in [-0.25, -0.2) is 4.79 Å². The number of halogens is 1. The van der Waals surface area contributed by atoms with Crippen LogP contribution in [0.2, 0.25) is 0 Å². The number of ether oxygens (including phenoxy) is 2. The van der Waals surface area contributed by atoms with Crippen LogP contribution in [-0.2, 0) is 11.8 Å². The fraction of sp³-hybridized carbons (Fsp3) is 0.400. The summed E-state index contributed by atoms with van der Waals surface area (Å²) in [4.78, 5) is 23.3. The van der Waals surface area contributed by atoms with E-state index in [0.29, 0.717) is 4.60 Å². The molecular weight excluding hydrogens is 278 g/mol. The van der Waals surface area contributed by atoms with E-state index < -0.39 is 5.97 Å². The molecule has 0 fully saturated rings. The minimum atomic E-state index is -0.572. The molecule has 0 aliphatic heterocycles. The molecule has 1 rings (SSSR count). The van der Waals surface area contributed by atoms with Gasteiger partial charge >= 0.3 is 5.97 Å². The van der Waals surface area contributed by atoms with Crippen LogP contribution in [0.25, 0.3) is 0 Å². The molecular formula is C10H12BrNO4. The van der Waals surface area contributed by atoms with Crippen LogP contribution in [0.15, 0.2) is 15.5 Å². The Hall–Kier alpha value is -1.30. The number of pyridine rings is 1. The highest BCUT2D eigenvalue weighted by molar-refractivity contribution is 9.10. The van der Waals surface area contributed by atoms with E-state index in [1.165, 1.54) is 17.7 Å². The van der Waals surface area contributed by atoms with Gasteiger partial charge in [-0.05, 0) is 28.9 Å². The number of hydrogen-bond donors (Lipinski definition) is 0. The summed E-state index contributed by atoms with van der Waals surface area (Å²) in [5, 5.41) is 0. The van der Waals surface area contributed by atoms with Crippen molar-refractivity contribution in [3.8, 4) is 5.75 Å². The number of methoxy groups -OCH3 is 1. The first-order valence-electron chi connectivity index (χ1n) is 4.63. The van der Waals surface area contributed by atoms with Crippen molar-refractivity contribution in [2.75, 3.05) is 13.7 Å². The molecule has 0 N–H and O–H groups in total. The van der Waals surface area contributed by atoms with E-state index in [1.807, 2.05) is 0 Å². The van der Waals surface area contributed by atoms with Gasteiger partial charge in [0.05, 0.1) is 18.3 Å². The van der Waals surface area contributed by atoms with Gasteiger partial charge in [0.25, 0.3) is 5.56 Å². The first-order valence-corrected chi connectivity index (χ1v) is 5.42. The van der Waals surface area contributed by atoms with E-state index in [0.717, 1.165) is 0 Å². The predicted molar refractivity (Wildman–Crippen MR) is 61.9 cm³/mol. The van der Waals surface area contributed by atoms with E-state index in [9.17, 15) is 9.59 Å². The summed E-state index contributed by atoms with van der Waals surface area (Å²) in [5.41, 5.74) is -0.265. The zero-order chi connectivity index (χ0) is 12.3. The number of esters is 1. The third kappa shape index (κ3) is 2.27. The summed E-state index contributed by atoms with van der Waals surface area (Å²) in [7, 11) is 2.91. The molecule has 16 heavy (non-hydrogen) atoms. The van der Waals surface area contributed by atoms with Crippen molar-refractivity contribution < 1.29 is 14.3 Å².